The molecule has 1 fully saturated rings. The van der Waals surface area contributed by atoms with Gasteiger partial charge in [-0.3, -0.25) is 4.79 Å². The first-order valence-corrected chi connectivity index (χ1v) is 7.56. The highest BCUT2D eigenvalue weighted by atomic mass is 16.2. The summed E-state index contributed by atoms with van der Waals surface area (Å²) in [4.78, 5) is 19.0. The SMILES string of the molecule is CNc1ccc(C(=O)N(CC(C)C)C2CCCC2)cn1. The highest BCUT2D eigenvalue weighted by molar-refractivity contribution is 5.94. The number of nitrogens with one attached hydrogen (secondary N) is 1. The summed E-state index contributed by atoms with van der Waals surface area (Å²) in [5.41, 5.74) is 0.691. The van der Waals surface area contributed by atoms with Gasteiger partial charge in [0.05, 0.1) is 5.56 Å². The van der Waals surface area contributed by atoms with Crippen molar-refractivity contribution in [3.63, 3.8) is 0 Å². The molecule has 1 saturated carbocycles. The number of amides is 1. The van der Waals surface area contributed by atoms with Crippen LogP contribution in [0, 0.1) is 5.92 Å². The van der Waals surface area contributed by atoms with Gasteiger partial charge in [0, 0.05) is 25.8 Å². The molecule has 0 atom stereocenters. The summed E-state index contributed by atoms with van der Waals surface area (Å²) in [6.07, 6.45) is 6.43. The number of aromatic nitrogens is 1. The number of pyridine rings is 1. The Balaban J connectivity index is 2.15. The smallest absolute Gasteiger partial charge is 0.255 e. The summed E-state index contributed by atoms with van der Waals surface area (Å²) in [5.74, 6) is 1.41. The number of rotatable bonds is 5. The van der Waals surface area contributed by atoms with E-state index in [9.17, 15) is 4.79 Å². The van der Waals surface area contributed by atoms with E-state index in [-0.39, 0.29) is 5.91 Å². The van der Waals surface area contributed by atoms with Crippen LogP contribution < -0.4 is 5.32 Å². The molecule has 1 aliphatic carbocycles. The van der Waals surface area contributed by atoms with Crippen LogP contribution in [0.25, 0.3) is 0 Å². The average Bonchev–Trinajstić information content (AvgIpc) is 2.98. The van der Waals surface area contributed by atoms with Crippen LogP contribution in [0.4, 0.5) is 5.82 Å². The van der Waals surface area contributed by atoms with Crippen LogP contribution in [0.15, 0.2) is 18.3 Å². The Kier molecular flexibility index (Phi) is 4.99. The van der Waals surface area contributed by atoms with Gasteiger partial charge in [0.2, 0.25) is 0 Å². The Hall–Kier alpha value is -1.58. The second kappa shape index (κ2) is 6.73. The van der Waals surface area contributed by atoms with Crippen molar-refractivity contribution in [3.05, 3.63) is 23.9 Å². The fourth-order valence-electron chi connectivity index (χ4n) is 2.84. The predicted octanol–water partition coefficient (Wildman–Crippen LogP) is 3.16. The topological polar surface area (TPSA) is 45.2 Å². The number of carbonyl (C=O) groups is 1. The maximum Gasteiger partial charge on any atom is 0.255 e. The van der Waals surface area contributed by atoms with Crippen molar-refractivity contribution in [1.82, 2.24) is 9.88 Å². The van der Waals surface area contributed by atoms with Crippen molar-refractivity contribution in [1.29, 1.82) is 0 Å². The van der Waals surface area contributed by atoms with Gasteiger partial charge in [0.15, 0.2) is 0 Å². The number of anilines is 1. The molecule has 1 aromatic heterocycles. The lowest BCUT2D eigenvalue weighted by Gasteiger charge is -2.30. The minimum Gasteiger partial charge on any atom is -0.373 e. The molecule has 0 radical (unpaired) electrons. The van der Waals surface area contributed by atoms with Gasteiger partial charge in [-0.15, -0.1) is 0 Å². The van der Waals surface area contributed by atoms with Crippen molar-refractivity contribution < 1.29 is 4.79 Å². The van der Waals surface area contributed by atoms with Crippen LogP contribution in [0.5, 0.6) is 0 Å². The third-order valence-electron chi connectivity index (χ3n) is 3.85. The van der Waals surface area contributed by atoms with Crippen molar-refractivity contribution in [2.45, 2.75) is 45.6 Å². The molecule has 1 heterocycles. The van der Waals surface area contributed by atoms with E-state index in [4.69, 9.17) is 0 Å². The van der Waals surface area contributed by atoms with Crippen LogP contribution in [0.1, 0.15) is 49.9 Å². The lowest BCUT2D eigenvalue weighted by Crippen LogP contribution is -2.41. The van der Waals surface area contributed by atoms with Gasteiger partial charge in [-0.25, -0.2) is 4.98 Å². The summed E-state index contributed by atoms with van der Waals surface area (Å²) in [6, 6.07) is 4.13. The monoisotopic (exact) mass is 275 g/mol. The van der Waals surface area contributed by atoms with Crippen molar-refractivity contribution in [2.75, 3.05) is 18.9 Å². The summed E-state index contributed by atoms with van der Waals surface area (Å²) in [5, 5.41) is 2.97. The number of nitrogens with zero attached hydrogens (tertiary/aromatic N) is 2. The third kappa shape index (κ3) is 3.50. The molecule has 0 bridgehead atoms. The fraction of sp³-hybridized carbons (Fsp3) is 0.625. The van der Waals surface area contributed by atoms with E-state index in [1.807, 2.05) is 19.2 Å². The molecule has 0 spiro atoms. The summed E-state index contributed by atoms with van der Waals surface area (Å²) < 4.78 is 0. The Morgan fingerprint density at radius 2 is 2.10 bits per heavy atom. The highest BCUT2D eigenvalue weighted by Crippen LogP contribution is 2.25. The van der Waals surface area contributed by atoms with Gasteiger partial charge in [-0.2, -0.15) is 0 Å². The minimum atomic E-state index is 0.126. The lowest BCUT2D eigenvalue weighted by atomic mass is 10.1. The van der Waals surface area contributed by atoms with Crippen LogP contribution in [0.2, 0.25) is 0 Å². The Bertz CT molecular complexity index is 436. The molecular weight excluding hydrogens is 250 g/mol. The maximum atomic E-state index is 12.7. The molecule has 4 heteroatoms. The van der Waals surface area contributed by atoms with E-state index in [1.54, 1.807) is 6.20 Å². The highest BCUT2D eigenvalue weighted by Gasteiger charge is 2.27. The van der Waals surface area contributed by atoms with Crippen molar-refractivity contribution in [3.8, 4) is 0 Å². The first kappa shape index (κ1) is 14.8. The molecule has 1 amide bonds. The normalized spacial score (nSPS) is 15.6. The van der Waals surface area contributed by atoms with Gasteiger partial charge in [0.25, 0.3) is 5.91 Å². The largest absolute Gasteiger partial charge is 0.373 e. The summed E-state index contributed by atoms with van der Waals surface area (Å²) in [7, 11) is 1.83. The van der Waals surface area contributed by atoms with Gasteiger partial charge >= 0.3 is 0 Å². The summed E-state index contributed by atoms with van der Waals surface area (Å²) >= 11 is 0. The molecular formula is C16H25N3O. The number of hydrogen-bond donors (Lipinski definition) is 1. The second-order valence-corrected chi connectivity index (χ2v) is 5.97. The van der Waals surface area contributed by atoms with E-state index < -0.39 is 0 Å². The molecule has 20 heavy (non-hydrogen) atoms. The zero-order valence-electron chi connectivity index (χ0n) is 12.7. The molecule has 0 saturated heterocycles. The van der Waals surface area contributed by atoms with Gasteiger partial charge in [0.1, 0.15) is 5.82 Å². The van der Waals surface area contributed by atoms with E-state index >= 15 is 0 Å². The van der Waals surface area contributed by atoms with Crippen LogP contribution in [-0.2, 0) is 0 Å². The van der Waals surface area contributed by atoms with Gasteiger partial charge < -0.3 is 10.2 Å². The molecule has 2 rings (SSSR count). The van der Waals surface area contributed by atoms with Crippen LogP contribution in [0.3, 0.4) is 0 Å². The Morgan fingerprint density at radius 1 is 1.40 bits per heavy atom. The van der Waals surface area contributed by atoms with Gasteiger partial charge in [-0.05, 0) is 30.9 Å². The molecule has 0 aliphatic heterocycles. The molecule has 1 aliphatic rings. The number of hydrogen-bond acceptors (Lipinski definition) is 3. The lowest BCUT2D eigenvalue weighted by molar-refractivity contribution is 0.0655. The van der Waals surface area contributed by atoms with Crippen molar-refractivity contribution >= 4 is 11.7 Å². The third-order valence-corrected chi connectivity index (χ3v) is 3.85. The quantitative estimate of drug-likeness (QED) is 0.897. The Morgan fingerprint density at radius 3 is 2.60 bits per heavy atom. The molecule has 1 N–H and O–H groups in total. The second-order valence-electron chi connectivity index (χ2n) is 5.97. The van der Waals surface area contributed by atoms with E-state index in [0.717, 1.165) is 25.2 Å². The van der Waals surface area contributed by atoms with E-state index in [0.29, 0.717) is 17.5 Å². The molecule has 1 aromatic rings. The molecule has 0 aromatic carbocycles. The van der Waals surface area contributed by atoms with Crippen LogP contribution >= 0.6 is 0 Å². The molecule has 0 unspecified atom stereocenters. The van der Waals surface area contributed by atoms with Crippen molar-refractivity contribution in [2.24, 2.45) is 5.92 Å². The molecule has 4 nitrogen and oxygen atoms in total. The maximum absolute atomic E-state index is 12.7. The predicted molar refractivity (Wildman–Crippen MR) is 81.9 cm³/mol. The van der Waals surface area contributed by atoms with Gasteiger partial charge in [-0.1, -0.05) is 26.7 Å². The minimum absolute atomic E-state index is 0.126. The zero-order chi connectivity index (χ0) is 14.5. The molecule has 110 valence electrons. The number of carbonyl (C=O) groups excluding carboxylic acids is 1. The first-order chi connectivity index (χ1) is 9.61. The standard InChI is InChI=1S/C16H25N3O/c1-12(2)11-19(14-6-4-5-7-14)16(20)13-8-9-15(17-3)18-10-13/h8-10,12,14H,4-7,11H2,1-3H3,(H,17,18). The first-order valence-electron chi connectivity index (χ1n) is 7.56. The summed E-state index contributed by atoms with van der Waals surface area (Å²) in [6.45, 7) is 5.16. The van der Waals surface area contributed by atoms with E-state index in [2.05, 4.69) is 29.0 Å². The van der Waals surface area contributed by atoms with E-state index in [1.165, 1.54) is 12.8 Å². The van der Waals surface area contributed by atoms with Crippen LogP contribution in [-0.4, -0.2) is 35.4 Å². The zero-order valence-corrected chi connectivity index (χ0v) is 12.7. The fourth-order valence-corrected chi connectivity index (χ4v) is 2.84. The average molecular weight is 275 g/mol. The Labute approximate surface area is 121 Å².